The van der Waals surface area contributed by atoms with Crippen LogP contribution in [0.1, 0.15) is 40.9 Å². The Morgan fingerprint density at radius 3 is 1.82 bits per heavy atom. The summed E-state index contributed by atoms with van der Waals surface area (Å²) in [6, 6.07) is 55.5. The zero-order valence-electron chi connectivity index (χ0n) is 27.9. The third kappa shape index (κ3) is 4.71. The molecule has 2 aromatic heterocycles. The molecule has 2 aliphatic carbocycles. The third-order valence-corrected chi connectivity index (χ3v) is 10.7. The number of fused-ring (bicyclic) bond motifs is 6. The Kier molecular flexibility index (Phi) is 6.80. The number of allylic oxidation sites excluding steroid dienone is 2. The minimum Gasteiger partial charge on any atom is -0.313 e. The maximum absolute atomic E-state index is 2.50. The van der Waals surface area contributed by atoms with Gasteiger partial charge in [-0.3, -0.25) is 0 Å². The number of rotatable bonds is 5. The Bertz CT molecular complexity index is 2630. The fourth-order valence-electron chi connectivity index (χ4n) is 8.37. The average molecular weight is 641 g/mol. The topological polar surface area (TPSA) is 9.86 Å². The number of para-hydroxylation sites is 1. The molecule has 6 aromatic carbocycles. The first-order valence-electron chi connectivity index (χ1n) is 17.8. The lowest BCUT2D eigenvalue weighted by Crippen LogP contribution is -2.05. The van der Waals surface area contributed by atoms with Crippen molar-refractivity contribution in [2.45, 2.75) is 25.7 Å². The van der Waals surface area contributed by atoms with Crippen LogP contribution in [0, 0.1) is 0 Å². The highest BCUT2D eigenvalue weighted by Gasteiger charge is 2.24. The molecular weight excluding hydrogens is 605 g/mol. The Balaban J connectivity index is 1.09. The molecule has 8 aromatic rings. The van der Waals surface area contributed by atoms with Crippen molar-refractivity contribution in [1.29, 1.82) is 0 Å². The van der Waals surface area contributed by atoms with E-state index in [0.717, 1.165) is 25.7 Å². The number of aryl methyl sites for hydroxylation is 1. The maximum atomic E-state index is 2.50. The summed E-state index contributed by atoms with van der Waals surface area (Å²) in [4.78, 5) is 0. The van der Waals surface area contributed by atoms with E-state index in [-0.39, 0.29) is 0 Å². The third-order valence-electron chi connectivity index (χ3n) is 10.7. The van der Waals surface area contributed by atoms with Crippen molar-refractivity contribution in [2.24, 2.45) is 0 Å². The van der Waals surface area contributed by atoms with Gasteiger partial charge in [-0.25, -0.2) is 0 Å². The summed E-state index contributed by atoms with van der Waals surface area (Å²) in [7, 11) is 0. The van der Waals surface area contributed by atoms with E-state index in [1.54, 1.807) is 0 Å². The first-order valence-corrected chi connectivity index (χ1v) is 17.8. The molecule has 238 valence electrons. The van der Waals surface area contributed by atoms with Crippen LogP contribution < -0.4 is 0 Å². The highest BCUT2D eigenvalue weighted by Crippen LogP contribution is 2.41. The van der Waals surface area contributed by atoms with Crippen LogP contribution in [0.25, 0.3) is 73.2 Å². The highest BCUT2D eigenvalue weighted by atomic mass is 15.0. The lowest BCUT2D eigenvalue weighted by atomic mass is 9.90. The monoisotopic (exact) mass is 640 g/mol. The van der Waals surface area contributed by atoms with E-state index in [1.807, 2.05) is 0 Å². The number of aromatic nitrogens is 2. The van der Waals surface area contributed by atoms with Crippen molar-refractivity contribution in [3.8, 4) is 33.6 Å². The maximum Gasteiger partial charge on any atom is 0.0538 e. The van der Waals surface area contributed by atoms with Crippen molar-refractivity contribution in [3.05, 3.63) is 186 Å². The van der Waals surface area contributed by atoms with Crippen molar-refractivity contribution in [3.63, 3.8) is 0 Å². The highest BCUT2D eigenvalue weighted by molar-refractivity contribution is 6.01. The van der Waals surface area contributed by atoms with Gasteiger partial charge in [-0.05, 0) is 119 Å². The van der Waals surface area contributed by atoms with E-state index in [4.69, 9.17) is 0 Å². The van der Waals surface area contributed by atoms with E-state index in [1.165, 1.54) is 89.1 Å². The minimum atomic E-state index is 0.998. The standard InChI is InChI=1S/C48H36N2/c1-3-13-33(14-4-1)35-17-11-19-39(29-35)49-45-23-9-7-21-41(45)43-31-37(25-27-47(43)49)38-26-28-48-44(32-38)42-22-8-10-24-46(42)50(48)40-20-12-18-36(30-40)34-15-5-2-6-16-34/h1-7,9-21,23-24,26,28-32H,8,22,25,27H2. The molecule has 0 unspecified atom stereocenters. The van der Waals surface area contributed by atoms with Gasteiger partial charge in [-0.15, -0.1) is 0 Å². The normalized spacial score (nSPS) is 13.7. The van der Waals surface area contributed by atoms with Crippen molar-refractivity contribution in [2.75, 3.05) is 0 Å². The van der Waals surface area contributed by atoms with Gasteiger partial charge >= 0.3 is 0 Å². The van der Waals surface area contributed by atoms with Gasteiger partial charge in [0.25, 0.3) is 0 Å². The Morgan fingerprint density at radius 2 is 1.08 bits per heavy atom. The molecule has 2 aliphatic rings. The van der Waals surface area contributed by atoms with E-state index in [9.17, 15) is 0 Å². The predicted octanol–water partition coefficient (Wildman–Crippen LogP) is 12.4. The minimum absolute atomic E-state index is 0.998. The second kappa shape index (κ2) is 11.8. The average Bonchev–Trinajstić information content (AvgIpc) is 3.71. The smallest absolute Gasteiger partial charge is 0.0538 e. The lowest BCUT2D eigenvalue weighted by Gasteiger charge is -2.18. The summed E-state index contributed by atoms with van der Waals surface area (Å²) in [5.41, 5.74) is 18.2. The van der Waals surface area contributed by atoms with E-state index in [2.05, 4.69) is 179 Å². The van der Waals surface area contributed by atoms with E-state index in [0.29, 0.717) is 0 Å². The van der Waals surface area contributed by atoms with Gasteiger partial charge in [-0.2, -0.15) is 0 Å². The molecule has 0 fully saturated rings. The van der Waals surface area contributed by atoms with Crippen LogP contribution in [0.5, 0.6) is 0 Å². The quantitative estimate of drug-likeness (QED) is 0.177. The molecule has 0 bridgehead atoms. The van der Waals surface area contributed by atoms with Crippen LogP contribution >= 0.6 is 0 Å². The van der Waals surface area contributed by atoms with Gasteiger partial charge in [0.1, 0.15) is 0 Å². The molecule has 0 radical (unpaired) electrons. The zero-order chi connectivity index (χ0) is 33.0. The molecular formula is C48H36N2. The molecule has 0 amide bonds. The molecule has 2 heteroatoms. The van der Waals surface area contributed by atoms with Gasteiger partial charge in [0.15, 0.2) is 0 Å². The van der Waals surface area contributed by atoms with Crippen molar-refractivity contribution in [1.82, 2.24) is 9.13 Å². The van der Waals surface area contributed by atoms with Crippen LogP contribution in [0.2, 0.25) is 0 Å². The molecule has 0 spiro atoms. The molecule has 50 heavy (non-hydrogen) atoms. The molecule has 0 saturated heterocycles. The van der Waals surface area contributed by atoms with Gasteiger partial charge in [0, 0.05) is 39.1 Å². The molecule has 0 atom stereocenters. The summed E-state index contributed by atoms with van der Waals surface area (Å²) in [5, 5.41) is 2.69. The lowest BCUT2D eigenvalue weighted by molar-refractivity contribution is 0.898. The first-order chi connectivity index (χ1) is 24.8. The largest absolute Gasteiger partial charge is 0.313 e. The molecule has 0 aliphatic heterocycles. The summed E-state index contributed by atoms with van der Waals surface area (Å²) in [6.45, 7) is 0. The van der Waals surface area contributed by atoms with Gasteiger partial charge in [0.05, 0.1) is 11.0 Å². The second-order valence-corrected chi connectivity index (χ2v) is 13.6. The number of hydrogen-bond donors (Lipinski definition) is 0. The van der Waals surface area contributed by atoms with Gasteiger partial charge in [-0.1, -0.05) is 115 Å². The second-order valence-electron chi connectivity index (χ2n) is 13.6. The van der Waals surface area contributed by atoms with Crippen LogP contribution in [0.3, 0.4) is 0 Å². The summed E-state index contributed by atoms with van der Waals surface area (Å²) < 4.78 is 4.97. The first kappa shape index (κ1) is 28.9. The molecule has 2 nitrogen and oxygen atoms in total. The van der Waals surface area contributed by atoms with E-state index < -0.39 is 0 Å². The Hall–Kier alpha value is -6.12. The van der Waals surface area contributed by atoms with E-state index >= 15 is 0 Å². The van der Waals surface area contributed by atoms with Crippen molar-refractivity contribution >= 4 is 39.5 Å². The molecule has 2 heterocycles. The fourth-order valence-corrected chi connectivity index (χ4v) is 8.37. The Labute approximate surface area is 292 Å². The van der Waals surface area contributed by atoms with Crippen LogP contribution in [0.15, 0.2) is 158 Å². The summed E-state index contributed by atoms with van der Waals surface area (Å²) in [5.74, 6) is 0. The predicted molar refractivity (Wildman–Crippen MR) is 211 cm³/mol. The van der Waals surface area contributed by atoms with Crippen LogP contribution in [0.4, 0.5) is 0 Å². The number of hydrogen-bond acceptors (Lipinski definition) is 0. The molecule has 10 rings (SSSR count). The molecule has 0 N–H and O–H groups in total. The summed E-state index contributed by atoms with van der Waals surface area (Å²) >= 11 is 0. The van der Waals surface area contributed by atoms with Crippen LogP contribution in [-0.4, -0.2) is 9.13 Å². The van der Waals surface area contributed by atoms with Crippen LogP contribution in [-0.2, 0) is 12.8 Å². The Morgan fingerprint density at radius 1 is 0.440 bits per heavy atom. The number of benzene rings is 6. The SMILES string of the molecule is C1=Cc2c(c3cc(C4=Cc5c(n(-c6cccc(-c7ccccc7)c6)c6ccccc56)CC4)ccc3n2-c2cccc(-c3ccccc3)c2)CC1. The summed E-state index contributed by atoms with van der Waals surface area (Å²) in [6.07, 6.45) is 11.3. The van der Waals surface area contributed by atoms with Gasteiger partial charge < -0.3 is 9.13 Å². The van der Waals surface area contributed by atoms with Crippen molar-refractivity contribution < 1.29 is 0 Å². The molecule has 0 saturated carbocycles. The zero-order valence-corrected chi connectivity index (χ0v) is 27.9. The fraction of sp³-hybridized carbons (Fsp3) is 0.0833. The van der Waals surface area contributed by atoms with Gasteiger partial charge in [0.2, 0.25) is 0 Å². The number of nitrogens with zero attached hydrogens (tertiary/aromatic N) is 2.